The molecule has 0 aliphatic carbocycles. The number of rotatable bonds is 3. The summed E-state index contributed by atoms with van der Waals surface area (Å²) < 4.78 is 25.3. The molecule has 1 amide bonds. The van der Waals surface area contributed by atoms with Gasteiger partial charge in [-0.2, -0.15) is 0 Å². The minimum absolute atomic E-state index is 0.0363. The number of fused-ring (bicyclic) bond motifs is 1. The molecule has 0 radical (unpaired) electrons. The number of sulfonamides is 1. The van der Waals surface area contributed by atoms with Crippen LogP contribution < -0.4 is 9.62 Å². The third kappa shape index (κ3) is 3.42. The van der Waals surface area contributed by atoms with Gasteiger partial charge in [0.2, 0.25) is 10.0 Å². The summed E-state index contributed by atoms with van der Waals surface area (Å²) in [4.78, 5) is 14.7. The maximum absolute atomic E-state index is 12.8. The van der Waals surface area contributed by atoms with Gasteiger partial charge in [0.05, 0.1) is 11.9 Å². The minimum atomic E-state index is -3.27. The summed E-state index contributed by atoms with van der Waals surface area (Å²) in [6.45, 7) is 2.01. The number of carbonyl (C=O) groups excluding carboxylic acids is 1. The molecule has 1 N–H and O–H groups in total. The van der Waals surface area contributed by atoms with Crippen molar-refractivity contribution in [3.05, 3.63) is 29.3 Å². The van der Waals surface area contributed by atoms with Gasteiger partial charge in [0.15, 0.2) is 0 Å². The van der Waals surface area contributed by atoms with Gasteiger partial charge in [-0.3, -0.25) is 9.10 Å². The number of nitrogens with zero attached hydrogens (tertiary/aromatic N) is 2. The summed E-state index contributed by atoms with van der Waals surface area (Å²) in [6, 6.07) is 5.76. The predicted molar refractivity (Wildman–Crippen MR) is 94.9 cm³/mol. The van der Waals surface area contributed by atoms with Crippen molar-refractivity contribution in [3.63, 3.8) is 0 Å². The number of carbonyl (C=O) groups is 1. The van der Waals surface area contributed by atoms with Crippen molar-refractivity contribution < 1.29 is 13.2 Å². The number of piperidine rings is 1. The monoisotopic (exact) mass is 351 g/mol. The smallest absolute Gasteiger partial charge is 0.253 e. The number of amides is 1. The molecule has 1 fully saturated rings. The topological polar surface area (TPSA) is 69.7 Å². The highest BCUT2D eigenvalue weighted by Crippen LogP contribution is 2.30. The lowest BCUT2D eigenvalue weighted by atomic mass is 9.99. The second kappa shape index (κ2) is 6.72. The third-order valence-electron chi connectivity index (χ3n) is 4.92. The fourth-order valence-electron chi connectivity index (χ4n) is 3.62. The predicted octanol–water partition coefficient (Wildman–Crippen LogP) is 1.22. The normalized spacial score (nSPS) is 21.5. The average molecular weight is 351 g/mol. The van der Waals surface area contributed by atoms with Gasteiger partial charge in [0.25, 0.3) is 5.91 Å². The summed E-state index contributed by atoms with van der Waals surface area (Å²) in [7, 11) is -1.35. The van der Waals surface area contributed by atoms with Gasteiger partial charge < -0.3 is 10.2 Å². The molecule has 1 unspecified atom stereocenters. The summed E-state index contributed by atoms with van der Waals surface area (Å²) in [5.74, 6) is 0.0363. The molecule has 1 saturated heterocycles. The van der Waals surface area contributed by atoms with Gasteiger partial charge in [0.1, 0.15) is 0 Å². The lowest BCUT2D eigenvalue weighted by Gasteiger charge is -2.33. The van der Waals surface area contributed by atoms with Gasteiger partial charge in [-0.25, -0.2) is 8.42 Å². The number of aryl methyl sites for hydroxylation is 1. The van der Waals surface area contributed by atoms with Crippen molar-refractivity contribution in [2.75, 3.05) is 37.2 Å². The van der Waals surface area contributed by atoms with E-state index >= 15 is 0 Å². The lowest BCUT2D eigenvalue weighted by molar-refractivity contribution is 0.0698. The van der Waals surface area contributed by atoms with Crippen molar-refractivity contribution in [2.24, 2.45) is 0 Å². The summed E-state index contributed by atoms with van der Waals surface area (Å²) >= 11 is 0. The van der Waals surface area contributed by atoms with Crippen molar-refractivity contribution in [1.82, 2.24) is 10.2 Å². The largest absolute Gasteiger partial charge is 0.337 e. The molecule has 0 spiro atoms. The molecule has 2 aliphatic rings. The maximum Gasteiger partial charge on any atom is 0.253 e. The highest BCUT2D eigenvalue weighted by atomic mass is 32.2. The van der Waals surface area contributed by atoms with E-state index in [2.05, 4.69) is 5.32 Å². The summed E-state index contributed by atoms with van der Waals surface area (Å²) in [6.07, 6.45) is 4.91. The molecule has 132 valence electrons. The fourth-order valence-corrected chi connectivity index (χ4v) is 4.62. The van der Waals surface area contributed by atoms with Crippen LogP contribution in [0, 0.1) is 0 Å². The number of hydrogen-bond donors (Lipinski definition) is 1. The Morgan fingerprint density at radius 2 is 2.04 bits per heavy atom. The molecule has 1 aromatic rings. The standard InChI is InChI=1S/C17H25N3O3S/c1-18-15-6-4-9-19(12-15)17(21)14-7-8-16-13(11-14)5-3-10-20(16)24(2,22)23/h7-8,11,15,18H,3-6,9-10,12H2,1-2H3. The second-order valence-corrected chi connectivity index (χ2v) is 8.57. The first-order chi connectivity index (χ1) is 11.4. The van der Waals surface area contributed by atoms with Gasteiger partial charge in [-0.05, 0) is 56.5 Å². The van der Waals surface area contributed by atoms with Crippen LogP contribution in [0.5, 0.6) is 0 Å². The van der Waals surface area contributed by atoms with Gasteiger partial charge in [-0.15, -0.1) is 0 Å². The van der Waals surface area contributed by atoms with Crippen LogP contribution in [0.15, 0.2) is 18.2 Å². The zero-order valence-corrected chi connectivity index (χ0v) is 15.1. The van der Waals surface area contributed by atoms with Crippen molar-refractivity contribution in [3.8, 4) is 0 Å². The fraction of sp³-hybridized carbons (Fsp3) is 0.588. The Morgan fingerprint density at radius 1 is 1.25 bits per heavy atom. The van der Waals surface area contributed by atoms with Crippen LogP contribution in [-0.4, -0.2) is 58.2 Å². The van der Waals surface area contributed by atoms with Crippen LogP contribution in [0.2, 0.25) is 0 Å². The molecule has 0 aromatic heterocycles. The van der Waals surface area contributed by atoms with E-state index in [4.69, 9.17) is 0 Å². The SMILES string of the molecule is CNC1CCCN(C(=O)c2ccc3c(c2)CCCN3S(C)(=O)=O)C1. The Bertz CT molecular complexity index is 733. The summed E-state index contributed by atoms with van der Waals surface area (Å²) in [5, 5.41) is 3.25. The molecule has 0 bridgehead atoms. The number of likely N-dealkylation sites (N-methyl/N-ethyl adjacent to an activating group) is 1. The molecule has 1 atom stereocenters. The van der Waals surface area contributed by atoms with Crippen LogP contribution in [0.3, 0.4) is 0 Å². The number of anilines is 1. The molecule has 2 heterocycles. The number of likely N-dealkylation sites (tertiary alicyclic amines) is 1. The highest BCUT2D eigenvalue weighted by Gasteiger charge is 2.27. The first-order valence-corrected chi connectivity index (χ1v) is 10.3. The Kier molecular flexibility index (Phi) is 4.83. The molecule has 7 heteroatoms. The zero-order valence-electron chi connectivity index (χ0n) is 14.3. The van der Waals surface area contributed by atoms with Crippen LogP contribution >= 0.6 is 0 Å². The van der Waals surface area contributed by atoms with Crippen molar-refractivity contribution >= 4 is 21.6 Å². The molecule has 0 saturated carbocycles. The Balaban J connectivity index is 1.84. The second-order valence-electron chi connectivity index (χ2n) is 6.66. The first kappa shape index (κ1) is 17.2. The zero-order chi connectivity index (χ0) is 17.3. The number of hydrogen-bond acceptors (Lipinski definition) is 4. The minimum Gasteiger partial charge on any atom is -0.337 e. The van der Waals surface area contributed by atoms with Crippen LogP contribution in [-0.2, 0) is 16.4 Å². The molecule has 2 aliphatic heterocycles. The van der Waals surface area contributed by atoms with E-state index in [-0.39, 0.29) is 5.91 Å². The van der Waals surface area contributed by atoms with E-state index < -0.39 is 10.0 Å². The van der Waals surface area contributed by atoms with Crippen LogP contribution in [0.4, 0.5) is 5.69 Å². The van der Waals surface area contributed by atoms with E-state index in [0.717, 1.165) is 44.3 Å². The van der Waals surface area contributed by atoms with E-state index in [9.17, 15) is 13.2 Å². The average Bonchev–Trinajstić information content (AvgIpc) is 2.59. The first-order valence-electron chi connectivity index (χ1n) is 8.47. The maximum atomic E-state index is 12.8. The molecule has 3 rings (SSSR count). The van der Waals surface area contributed by atoms with Crippen molar-refractivity contribution in [2.45, 2.75) is 31.7 Å². The number of benzene rings is 1. The van der Waals surface area contributed by atoms with Gasteiger partial charge in [0, 0.05) is 31.2 Å². The van der Waals surface area contributed by atoms with Crippen LogP contribution in [0.1, 0.15) is 35.2 Å². The number of nitrogens with one attached hydrogen (secondary N) is 1. The molecule has 1 aromatic carbocycles. The Hall–Kier alpha value is -1.60. The van der Waals surface area contributed by atoms with Gasteiger partial charge >= 0.3 is 0 Å². The van der Waals surface area contributed by atoms with E-state index in [1.54, 1.807) is 12.1 Å². The van der Waals surface area contributed by atoms with Crippen molar-refractivity contribution in [1.29, 1.82) is 0 Å². The van der Waals surface area contributed by atoms with E-state index in [1.165, 1.54) is 10.6 Å². The lowest BCUT2D eigenvalue weighted by Crippen LogP contribution is -2.47. The molecule has 6 nitrogen and oxygen atoms in total. The third-order valence-corrected chi connectivity index (χ3v) is 6.10. The molecular formula is C17H25N3O3S. The quantitative estimate of drug-likeness (QED) is 0.889. The Labute approximate surface area is 143 Å². The van der Waals surface area contributed by atoms with Crippen LogP contribution in [0.25, 0.3) is 0 Å². The van der Waals surface area contributed by atoms with E-state index in [1.807, 2.05) is 18.0 Å². The van der Waals surface area contributed by atoms with Gasteiger partial charge in [-0.1, -0.05) is 0 Å². The Morgan fingerprint density at radius 3 is 2.75 bits per heavy atom. The molecule has 24 heavy (non-hydrogen) atoms. The van der Waals surface area contributed by atoms with E-state index in [0.29, 0.717) is 23.8 Å². The molecular weight excluding hydrogens is 326 g/mol. The summed E-state index contributed by atoms with van der Waals surface area (Å²) in [5.41, 5.74) is 2.31. The highest BCUT2D eigenvalue weighted by molar-refractivity contribution is 7.92.